The second-order valence-electron chi connectivity index (χ2n) is 8.80. The third-order valence-electron chi connectivity index (χ3n) is 7.23. The van der Waals surface area contributed by atoms with E-state index in [1.165, 1.54) is 70.6 Å². The molecule has 3 fully saturated rings. The van der Waals surface area contributed by atoms with Crippen molar-refractivity contribution >= 4 is 0 Å². The summed E-state index contributed by atoms with van der Waals surface area (Å²) in [5.41, 5.74) is 0.599. The van der Waals surface area contributed by atoms with Crippen LogP contribution in [0, 0.1) is 17.3 Å². The van der Waals surface area contributed by atoms with Crippen molar-refractivity contribution in [3.05, 3.63) is 25.3 Å². The van der Waals surface area contributed by atoms with E-state index < -0.39 is 0 Å². The van der Waals surface area contributed by atoms with Crippen LogP contribution in [-0.4, -0.2) is 23.9 Å². The monoisotopic (exact) mass is 362 g/mol. The molecule has 3 saturated carbocycles. The molecule has 0 aliphatic heterocycles. The first-order chi connectivity index (χ1) is 12.7. The number of hydrogen-bond donors (Lipinski definition) is 1. The van der Waals surface area contributed by atoms with Crippen molar-refractivity contribution in [1.82, 2.24) is 0 Å². The van der Waals surface area contributed by atoms with E-state index in [1.54, 1.807) is 6.08 Å². The van der Waals surface area contributed by atoms with Crippen LogP contribution in [-0.2, 0) is 4.74 Å². The van der Waals surface area contributed by atoms with Gasteiger partial charge in [0.25, 0.3) is 0 Å². The van der Waals surface area contributed by atoms with Gasteiger partial charge in [-0.05, 0) is 88.4 Å². The smallest absolute Gasteiger partial charge is 0.0648 e. The Balaban J connectivity index is 0.000000758. The molecule has 0 saturated heterocycles. The van der Waals surface area contributed by atoms with Crippen LogP contribution in [0.5, 0.6) is 0 Å². The maximum Gasteiger partial charge on any atom is 0.0648 e. The van der Waals surface area contributed by atoms with Gasteiger partial charge in [-0.2, -0.15) is 0 Å². The lowest BCUT2D eigenvalue weighted by molar-refractivity contribution is -0.0531. The predicted molar refractivity (Wildman–Crippen MR) is 111 cm³/mol. The Labute approximate surface area is 162 Å². The minimum Gasteiger partial charge on any atom is -0.393 e. The van der Waals surface area contributed by atoms with Gasteiger partial charge in [0.15, 0.2) is 0 Å². The molecule has 0 bridgehead atoms. The van der Waals surface area contributed by atoms with E-state index in [2.05, 4.69) is 13.2 Å². The number of aliphatic hydroxyl groups excluding tert-OH is 1. The molecule has 0 atom stereocenters. The molecule has 0 heterocycles. The van der Waals surface area contributed by atoms with Crippen LogP contribution in [0.4, 0.5) is 0 Å². The fraction of sp³-hybridized carbons (Fsp3) is 0.833. The normalized spacial score (nSPS) is 34.2. The van der Waals surface area contributed by atoms with Gasteiger partial charge < -0.3 is 9.84 Å². The van der Waals surface area contributed by atoms with Crippen molar-refractivity contribution in [3.63, 3.8) is 0 Å². The number of allylic oxidation sites excluding steroid dienone is 1. The minimum absolute atomic E-state index is 0.0186. The third kappa shape index (κ3) is 5.70. The van der Waals surface area contributed by atoms with Crippen molar-refractivity contribution in [2.45, 2.75) is 103 Å². The largest absolute Gasteiger partial charge is 0.393 e. The van der Waals surface area contributed by atoms with E-state index in [-0.39, 0.29) is 6.10 Å². The number of rotatable bonds is 5. The Morgan fingerprint density at radius 1 is 0.885 bits per heavy atom. The van der Waals surface area contributed by atoms with E-state index >= 15 is 0 Å². The first-order valence-electron chi connectivity index (χ1n) is 11.1. The molecule has 3 rings (SSSR count). The van der Waals surface area contributed by atoms with Crippen molar-refractivity contribution in [2.75, 3.05) is 6.61 Å². The second kappa shape index (κ2) is 11.3. The summed E-state index contributed by atoms with van der Waals surface area (Å²) in [4.78, 5) is 0. The Kier molecular flexibility index (Phi) is 9.42. The van der Waals surface area contributed by atoms with E-state index in [4.69, 9.17) is 4.74 Å². The maximum absolute atomic E-state index is 9.91. The van der Waals surface area contributed by atoms with Crippen molar-refractivity contribution < 1.29 is 9.84 Å². The zero-order chi connectivity index (χ0) is 18.8. The zero-order valence-corrected chi connectivity index (χ0v) is 17.1. The summed E-state index contributed by atoms with van der Waals surface area (Å²) in [6.07, 6.45) is 21.2. The molecule has 0 unspecified atom stereocenters. The SMILES string of the molecule is C=CC.C=CCOC1CCC(C2(C3CCC(O)CC3)CCCCC2)CC1. The highest BCUT2D eigenvalue weighted by atomic mass is 16.5. The molecule has 0 aromatic heterocycles. The van der Waals surface area contributed by atoms with Gasteiger partial charge in [-0.1, -0.05) is 31.4 Å². The van der Waals surface area contributed by atoms with Crippen LogP contribution in [0.25, 0.3) is 0 Å². The van der Waals surface area contributed by atoms with Gasteiger partial charge in [0.2, 0.25) is 0 Å². The lowest BCUT2D eigenvalue weighted by Crippen LogP contribution is -2.44. The molecule has 2 heteroatoms. The maximum atomic E-state index is 9.91. The van der Waals surface area contributed by atoms with Crippen LogP contribution in [0.1, 0.15) is 90.4 Å². The highest BCUT2D eigenvalue weighted by Crippen LogP contribution is 2.56. The average Bonchev–Trinajstić information content (AvgIpc) is 2.68. The van der Waals surface area contributed by atoms with E-state index in [0.717, 1.165) is 24.7 Å². The summed E-state index contributed by atoms with van der Waals surface area (Å²) in [5.74, 6) is 1.79. The molecule has 0 amide bonds. The van der Waals surface area contributed by atoms with Crippen LogP contribution >= 0.6 is 0 Å². The Morgan fingerprint density at radius 2 is 1.38 bits per heavy atom. The standard InChI is InChI=1S/C21H36O2.C3H6/c1-2-16-23-20-12-8-18(9-13-20)21(14-4-3-5-15-21)17-6-10-19(22)11-7-17;1-3-2/h2,17-20,22H,1,3-16H2;3H,1H2,2H3. The Hall–Kier alpha value is -0.600. The Bertz CT molecular complexity index is 394. The highest BCUT2D eigenvalue weighted by molar-refractivity contribution is 4.97. The molecule has 0 radical (unpaired) electrons. The van der Waals surface area contributed by atoms with Gasteiger partial charge in [-0.15, -0.1) is 13.2 Å². The molecule has 0 aromatic carbocycles. The summed E-state index contributed by atoms with van der Waals surface area (Å²) in [6.45, 7) is 9.73. The average molecular weight is 363 g/mol. The highest BCUT2D eigenvalue weighted by Gasteiger charge is 2.47. The first kappa shape index (κ1) is 21.7. The fourth-order valence-electron chi connectivity index (χ4n) is 6.02. The lowest BCUT2D eigenvalue weighted by Gasteiger charge is -2.52. The van der Waals surface area contributed by atoms with Gasteiger partial charge in [-0.25, -0.2) is 0 Å². The van der Waals surface area contributed by atoms with Crippen molar-refractivity contribution in [3.8, 4) is 0 Å². The summed E-state index contributed by atoms with van der Waals surface area (Å²) in [5, 5.41) is 9.91. The molecule has 26 heavy (non-hydrogen) atoms. The van der Waals surface area contributed by atoms with Crippen molar-refractivity contribution in [2.24, 2.45) is 17.3 Å². The fourth-order valence-corrected chi connectivity index (χ4v) is 6.02. The summed E-state index contributed by atoms with van der Waals surface area (Å²) in [7, 11) is 0. The van der Waals surface area contributed by atoms with Gasteiger partial charge in [0.1, 0.15) is 0 Å². The molecule has 3 aliphatic rings. The number of aliphatic hydroxyl groups is 1. The van der Waals surface area contributed by atoms with Gasteiger partial charge in [-0.3, -0.25) is 0 Å². The second-order valence-corrected chi connectivity index (χ2v) is 8.80. The summed E-state index contributed by atoms with van der Waals surface area (Å²) in [6, 6.07) is 0. The van der Waals surface area contributed by atoms with Gasteiger partial charge in [0, 0.05) is 0 Å². The molecular formula is C24H42O2. The summed E-state index contributed by atoms with van der Waals surface area (Å²) < 4.78 is 5.91. The summed E-state index contributed by atoms with van der Waals surface area (Å²) >= 11 is 0. The van der Waals surface area contributed by atoms with Crippen LogP contribution in [0.15, 0.2) is 25.3 Å². The number of ether oxygens (including phenoxy) is 1. The lowest BCUT2D eigenvalue weighted by atomic mass is 9.53. The van der Waals surface area contributed by atoms with E-state index in [1.807, 2.05) is 13.0 Å². The van der Waals surface area contributed by atoms with Crippen LogP contribution < -0.4 is 0 Å². The minimum atomic E-state index is -0.0186. The molecule has 1 N–H and O–H groups in total. The number of hydrogen-bond acceptors (Lipinski definition) is 2. The van der Waals surface area contributed by atoms with Crippen LogP contribution in [0.3, 0.4) is 0 Å². The van der Waals surface area contributed by atoms with Crippen LogP contribution in [0.2, 0.25) is 0 Å². The van der Waals surface area contributed by atoms with Gasteiger partial charge in [0.05, 0.1) is 18.8 Å². The quantitative estimate of drug-likeness (QED) is 0.570. The molecule has 150 valence electrons. The zero-order valence-electron chi connectivity index (χ0n) is 17.1. The van der Waals surface area contributed by atoms with E-state index in [0.29, 0.717) is 18.1 Å². The molecule has 0 aromatic rings. The molecule has 3 aliphatic carbocycles. The van der Waals surface area contributed by atoms with E-state index in [9.17, 15) is 5.11 Å². The Morgan fingerprint density at radius 3 is 1.88 bits per heavy atom. The van der Waals surface area contributed by atoms with Gasteiger partial charge >= 0.3 is 0 Å². The topological polar surface area (TPSA) is 29.5 Å². The molecular weight excluding hydrogens is 320 g/mol. The predicted octanol–water partition coefficient (Wildman–Crippen LogP) is 6.44. The van der Waals surface area contributed by atoms with Crippen molar-refractivity contribution in [1.29, 1.82) is 0 Å². The third-order valence-corrected chi connectivity index (χ3v) is 7.23. The molecule has 0 spiro atoms. The first-order valence-corrected chi connectivity index (χ1v) is 11.1. The molecule has 2 nitrogen and oxygen atoms in total.